The van der Waals surface area contributed by atoms with Gasteiger partial charge in [-0.1, -0.05) is 10.4 Å². The van der Waals surface area contributed by atoms with Crippen molar-refractivity contribution in [1.82, 2.24) is 18.8 Å². The van der Waals surface area contributed by atoms with E-state index in [-0.39, 0.29) is 17.6 Å². The minimum atomic E-state index is -3.32. The van der Waals surface area contributed by atoms with Crippen LogP contribution in [0.2, 0.25) is 10.4 Å². The molecule has 180 valence electrons. The van der Waals surface area contributed by atoms with Gasteiger partial charge in [-0.3, -0.25) is 9.36 Å². The normalized spacial score (nSPS) is 27.7. The van der Waals surface area contributed by atoms with Crippen molar-refractivity contribution in [3.63, 3.8) is 0 Å². The third kappa shape index (κ3) is 4.44. The molecule has 2 fully saturated rings. The smallest absolute Gasteiger partial charge is 0.255 e. The molecule has 1 saturated heterocycles. The van der Waals surface area contributed by atoms with Crippen LogP contribution in [0.25, 0.3) is 11.0 Å². The van der Waals surface area contributed by atoms with Gasteiger partial charge in [-0.25, -0.2) is 17.7 Å². The molecule has 2 N–H and O–H groups in total. The van der Waals surface area contributed by atoms with Crippen LogP contribution in [0.4, 0.5) is 5.95 Å². The fourth-order valence-corrected chi connectivity index (χ4v) is 7.25. The Labute approximate surface area is 204 Å². The summed E-state index contributed by atoms with van der Waals surface area (Å²) < 4.78 is 27.7. The first-order chi connectivity index (χ1) is 15.5. The van der Waals surface area contributed by atoms with Crippen molar-refractivity contribution >= 4 is 58.4 Å². The van der Waals surface area contributed by atoms with Gasteiger partial charge in [0.1, 0.15) is 37.0 Å². The number of pyridine rings is 1. The van der Waals surface area contributed by atoms with Crippen LogP contribution in [0.1, 0.15) is 37.8 Å². The highest BCUT2D eigenvalue weighted by atomic mass is 32.2. The Morgan fingerprint density at radius 3 is 2.35 bits per heavy atom. The highest BCUT2D eigenvalue weighted by Crippen LogP contribution is 2.44. The summed E-state index contributed by atoms with van der Waals surface area (Å²) in [5.74, 6) is 0.390. The Kier molecular flexibility index (Phi) is 6.05. The first-order valence-electron chi connectivity index (χ1n) is 11.9. The maximum Gasteiger partial charge on any atom is 0.255 e. The average molecular weight is 483 g/mol. The number of piperidine rings is 1. The highest BCUT2D eigenvalue weighted by molar-refractivity contribution is 7.88. The van der Waals surface area contributed by atoms with Gasteiger partial charge in [0.15, 0.2) is 0 Å². The Morgan fingerprint density at radius 2 is 1.82 bits per heavy atom. The SMILES string of the molecule is BC1(B)CN(S(C)(=O)=O)CC(B)(B)C1Nc1ncc2cc(C)c(=O)n([C@@H]3CCC[C@@]3(C)O)c2n1. The molecule has 2 aromatic rings. The summed E-state index contributed by atoms with van der Waals surface area (Å²) in [6.07, 6.45) is 5.15. The van der Waals surface area contributed by atoms with E-state index in [1.807, 2.05) is 31.4 Å². The lowest BCUT2D eigenvalue weighted by atomic mass is 9.36. The second-order valence-corrected chi connectivity index (χ2v) is 13.8. The zero-order chi connectivity index (χ0) is 25.3. The number of rotatable bonds is 4. The molecule has 3 heterocycles. The van der Waals surface area contributed by atoms with E-state index in [0.717, 1.165) is 11.8 Å². The number of fused-ring (bicyclic) bond motifs is 1. The maximum atomic E-state index is 13.2. The lowest BCUT2D eigenvalue weighted by molar-refractivity contribution is 0.0266. The monoisotopic (exact) mass is 483 g/mol. The molecule has 1 saturated carbocycles. The van der Waals surface area contributed by atoms with Crippen molar-refractivity contribution in [2.75, 3.05) is 24.7 Å². The molecule has 34 heavy (non-hydrogen) atoms. The van der Waals surface area contributed by atoms with Crippen molar-refractivity contribution in [2.45, 2.75) is 61.2 Å². The zero-order valence-electron chi connectivity index (χ0n) is 21.2. The topological polar surface area (TPSA) is 117 Å². The number of aromatic nitrogens is 3. The van der Waals surface area contributed by atoms with Crippen LogP contribution in [0.15, 0.2) is 17.1 Å². The molecule has 2 aliphatic rings. The van der Waals surface area contributed by atoms with E-state index in [1.54, 1.807) is 30.7 Å². The summed E-state index contributed by atoms with van der Waals surface area (Å²) in [4.78, 5) is 22.5. The molecule has 9 nitrogen and oxygen atoms in total. The molecular weight excluding hydrogens is 450 g/mol. The highest BCUT2D eigenvalue weighted by Gasteiger charge is 2.48. The molecule has 0 aromatic carbocycles. The Morgan fingerprint density at radius 1 is 1.21 bits per heavy atom. The largest absolute Gasteiger partial charge is 0.388 e. The van der Waals surface area contributed by atoms with E-state index < -0.39 is 26.1 Å². The lowest BCUT2D eigenvalue weighted by Crippen LogP contribution is -2.60. The lowest BCUT2D eigenvalue weighted by Gasteiger charge is -2.53. The van der Waals surface area contributed by atoms with E-state index in [1.165, 1.54) is 10.6 Å². The number of hydrogen-bond donors (Lipinski definition) is 2. The molecule has 4 rings (SSSR count). The van der Waals surface area contributed by atoms with Gasteiger partial charge in [0.05, 0.1) is 17.9 Å². The second kappa shape index (κ2) is 8.13. The minimum Gasteiger partial charge on any atom is -0.388 e. The van der Waals surface area contributed by atoms with Gasteiger partial charge in [-0.05, 0) is 39.2 Å². The number of anilines is 1. The van der Waals surface area contributed by atoms with E-state index in [0.29, 0.717) is 43.1 Å². The molecule has 1 aliphatic heterocycles. The van der Waals surface area contributed by atoms with Crippen LogP contribution in [0.5, 0.6) is 0 Å². The van der Waals surface area contributed by atoms with Crippen LogP contribution in [0, 0.1) is 6.92 Å². The Bertz CT molecular complexity index is 1280. The van der Waals surface area contributed by atoms with E-state index in [9.17, 15) is 18.3 Å². The van der Waals surface area contributed by atoms with Crippen LogP contribution in [-0.4, -0.2) is 94.7 Å². The molecular formula is C20H33B4N5O4S. The zero-order valence-corrected chi connectivity index (χ0v) is 22.0. The molecule has 0 spiro atoms. The van der Waals surface area contributed by atoms with Gasteiger partial charge in [-0.2, -0.15) is 4.98 Å². The van der Waals surface area contributed by atoms with E-state index in [4.69, 9.17) is 4.98 Å². The third-order valence-electron chi connectivity index (χ3n) is 7.62. The quantitative estimate of drug-likeness (QED) is 0.459. The molecule has 2 aromatic heterocycles. The first kappa shape index (κ1) is 25.3. The van der Waals surface area contributed by atoms with Crippen molar-refractivity contribution in [2.24, 2.45) is 0 Å². The number of nitrogens with zero attached hydrogens (tertiary/aromatic N) is 4. The average Bonchev–Trinajstić information content (AvgIpc) is 3.03. The van der Waals surface area contributed by atoms with Gasteiger partial charge >= 0.3 is 0 Å². The minimum absolute atomic E-state index is 0.115. The number of sulfonamides is 1. The number of hydrogen-bond acceptors (Lipinski definition) is 7. The van der Waals surface area contributed by atoms with Gasteiger partial charge < -0.3 is 10.4 Å². The van der Waals surface area contributed by atoms with Crippen LogP contribution in [-0.2, 0) is 10.0 Å². The van der Waals surface area contributed by atoms with Crippen LogP contribution < -0.4 is 10.9 Å². The number of nitrogens with one attached hydrogen (secondary N) is 1. The standard InChI is InChI=1S/C20H33B4N5O4S/c1-11-7-12-8-25-17(26-14(12)29(15(11)30)13-5-4-6-18(13,2)31)27-16-19(21,22)9-28(34(3,32)33)10-20(16,23)24/h7-8,13,16,31H,4-6,9-10,21-24H2,1-3H3,(H,25,26,27)/t13-,18-/m1/s1. The molecule has 0 radical (unpaired) electrons. The summed E-state index contributed by atoms with van der Waals surface area (Å²) in [6, 6.07) is 1.33. The Hall–Kier alpha value is -1.78. The molecule has 0 unspecified atom stereocenters. The summed E-state index contributed by atoms with van der Waals surface area (Å²) in [6.45, 7) is 4.33. The molecule has 14 heteroatoms. The summed E-state index contributed by atoms with van der Waals surface area (Å²) in [5.41, 5.74) is -0.0308. The second-order valence-electron chi connectivity index (χ2n) is 11.8. The van der Waals surface area contributed by atoms with Gasteiger partial charge in [-0.15, -0.1) is 0 Å². The van der Waals surface area contributed by atoms with Crippen molar-refractivity contribution in [3.05, 3.63) is 28.2 Å². The van der Waals surface area contributed by atoms with E-state index >= 15 is 0 Å². The summed E-state index contributed by atoms with van der Waals surface area (Å²) in [5, 5.41) is 14.4. The molecule has 0 bridgehead atoms. The number of aryl methyl sites for hydroxylation is 1. The van der Waals surface area contributed by atoms with Crippen molar-refractivity contribution in [1.29, 1.82) is 0 Å². The number of aliphatic hydroxyl groups is 1. The predicted molar refractivity (Wildman–Crippen MR) is 145 cm³/mol. The Balaban J connectivity index is 1.77. The van der Waals surface area contributed by atoms with Gasteiger partial charge in [0, 0.05) is 36.3 Å². The summed E-state index contributed by atoms with van der Waals surface area (Å²) >= 11 is 0. The van der Waals surface area contributed by atoms with Crippen molar-refractivity contribution < 1.29 is 13.5 Å². The fourth-order valence-electron chi connectivity index (χ4n) is 6.11. The van der Waals surface area contributed by atoms with Crippen LogP contribution >= 0.6 is 0 Å². The van der Waals surface area contributed by atoms with E-state index in [2.05, 4.69) is 10.3 Å². The van der Waals surface area contributed by atoms with Crippen molar-refractivity contribution in [3.8, 4) is 0 Å². The summed E-state index contributed by atoms with van der Waals surface area (Å²) in [7, 11) is 4.85. The first-order valence-corrected chi connectivity index (χ1v) is 13.7. The molecule has 0 amide bonds. The van der Waals surface area contributed by atoms with Gasteiger partial charge in [0.2, 0.25) is 16.0 Å². The third-order valence-corrected chi connectivity index (χ3v) is 8.81. The maximum absolute atomic E-state index is 13.2. The fraction of sp³-hybridized carbons (Fsp3) is 0.650. The van der Waals surface area contributed by atoms with Crippen LogP contribution in [0.3, 0.4) is 0 Å². The molecule has 2 atom stereocenters. The van der Waals surface area contributed by atoms with Gasteiger partial charge in [0.25, 0.3) is 5.56 Å². The molecule has 1 aliphatic carbocycles. The predicted octanol–water partition coefficient (Wildman–Crippen LogP) is -2.60.